The first-order chi connectivity index (χ1) is 16.2. The van der Waals surface area contributed by atoms with Gasteiger partial charge in [-0.15, -0.1) is 0 Å². The molecule has 1 N–H and O–H groups in total. The molecular formula is C26H28F3NO4. The second-order valence-corrected chi connectivity index (χ2v) is 9.11. The number of alkyl halides is 3. The third-order valence-corrected chi connectivity index (χ3v) is 6.43. The largest absolute Gasteiger partial charge is 0.872 e. The van der Waals surface area contributed by atoms with Crippen LogP contribution in [0, 0.1) is 5.92 Å². The molecule has 1 aliphatic heterocycles. The zero-order valence-electron chi connectivity index (χ0n) is 19.3. The van der Waals surface area contributed by atoms with Crippen molar-refractivity contribution in [2.75, 3.05) is 13.1 Å². The van der Waals surface area contributed by atoms with Crippen molar-refractivity contribution in [2.45, 2.75) is 52.3 Å². The highest BCUT2D eigenvalue weighted by molar-refractivity contribution is 5.83. The zero-order valence-corrected chi connectivity index (χ0v) is 19.3. The molecule has 1 fully saturated rings. The van der Waals surface area contributed by atoms with E-state index in [1.165, 1.54) is 24.3 Å². The number of fused-ring (bicyclic) bond motifs is 1. The van der Waals surface area contributed by atoms with Gasteiger partial charge in [0.2, 0.25) is 11.2 Å². The number of aryl methyl sites for hydroxylation is 1. The maximum absolute atomic E-state index is 14.0. The van der Waals surface area contributed by atoms with E-state index in [2.05, 4.69) is 6.92 Å². The van der Waals surface area contributed by atoms with Gasteiger partial charge >= 0.3 is 6.18 Å². The quantitative estimate of drug-likeness (QED) is 0.572. The summed E-state index contributed by atoms with van der Waals surface area (Å²) in [6, 6.07) is 9.00. The van der Waals surface area contributed by atoms with Crippen molar-refractivity contribution in [3.63, 3.8) is 0 Å². The van der Waals surface area contributed by atoms with Crippen LogP contribution in [0.5, 0.6) is 17.2 Å². The summed E-state index contributed by atoms with van der Waals surface area (Å²) in [5.41, 5.74) is -0.143. The van der Waals surface area contributed by atoms with E-state index in [0.717, 1.165) is 49.2 Å². The van der Waals surface area contributed by atoms with E-state index >= 15 is 0 Å². The zero-order chi connectivity index (χ0) is 24.5. The average molecular weight is 476 g/mol. The minimum absolute atomic E-state index is 0.0926. The van der Waals surface area contributed by atoms with Gasteiger partial charge in [-0.3, -0.25) is 4.79 Å². The van der Waals surface area contributed by atoms with Gasteiger partial charge in [0.15, 0.2) is 0 Å². The van der Waals surface area contributed by atoms with Crippen LogP contribution >= 0.6 is 0 Å². The summed E-state index contributed by atoms with van der Waals surface area (Å²) in [7, 11) is 0. The number of piperidine rings is 1. The van der Waals surface area contributed by atoms with Gasteiger partial charge in [-0.1, -0.05) is 44.2 Å². The Morgan fingerprint density at radius 3 is 2.41 bits per heavy atom. The molecule has 2 heterocycles. The molecule has 182 valence electrons. The van der Waals surface area contributed by atoms with Gasteiger partial charge in [-0.05, 0) is 48.9 Å². The molecule has 0 amide bonds. The van der Waals surface area contributed by atoms with Crippen LogP contribution in [0.4, 0.5) is 13.2 Å². The smallest absolute Gasteiger partial charge is 0.453 e. The molecule has 4 rings (SSSR count). The molecule has 1 saturated heterocycles. The van der Waals surface area contributed by atoms with Crippen LogP contribution in [0.3, 0.4) is 0 Å². The standard InChI is InChI=1S/C26H28F3NO4/c1-3-4-17-5-7-18(8-6-17)33-24-22(32)19-9-10-21(31)20(15-30-13-11-16(2)12-14-30)23(19)34-25(24)26(27,28)29/h5-10,16,31H,3-4,11-15H2,1-2H3. The van der Waals surface area contributed by atoms with E-state index in [0.29, 0.717) is 5.92 Å². The summed E-state index contributed by atoms with van der Waals surface area (Å²) in [5, 5.41) is 12.5. The van der Waals surface area contributed by atoms with Gasteiger partial charge in [-0.25, -0.2) is 0 Å². The predicted octanol–water partition coefficient (Wildman–Crippen LogP) is 4.45. The monoisotopic (exact) mass is 475 g/mol. The summed E-state index contributed by atoms with van der Waals surface area (Å²) in [6.07, 6.45) is -1.28. The molecule has 0 saturated carbocycles. The number of likely N-dealkylation sites (tertiary alicyclic amines) is 1. The molecule has 34 heavy (non-hydrogen) atoms. The van der Waals surface area contributed by atoms with Gasteiger partial charge in [0.25, 0.3) is 5.76 Å². The minimum Gasteiger partial charge on any atom is -0.872 e. The van der Waals surface area contributed by atoms with Crippen LogP contribution in [-0.4, -0.2) is 13.1 Å². The molecule has 2 aromatic carbocycles. The number of rotatable bonds is 6. The first kappa shape index (κ1) is 24.1. The Morgan fingerprint density at radius 1 is 1.12 bits per heavy atom. The van der Waals surface area contributed by atoms with Crippen LogP contribution in [0.2, 0.25) is 0 Å². The number of ether oxygens (including phenoxy) is 1. The molecule has 3 aromatic rings. The Balaban J connectivity index is 1.78. The maximum Gasteiger partial charge on any atom is 0.453 e. The third kappa shape index (κ3) is 5.06. The molecule has 0 radical (unpaired) electrons. The summed E-state index contributed by atoms with van der Waals surface area (Å²) < 4.78 is 52.6. The normalized spacial score (nSPS) is 18.9. The van der Waals surface area contributed by atoms with Crippen LogP contribution in [0.15, 0.2) is 45.6 Å². The number of quaternary nitrogens is 1. The summed E-state index contributed by atoms with van der Waals surface area (Å²) in [5.74, 6) is -2.21. The van der Waals surface area contributed by atoms with Crippen molar-refractivity contribution < 1.29 is 32.3 Å². The second-order valence-electron chi connectivity index (χ2n) is 9.11. The minimum atomic E-state index is -4.98. The third-order valence-electron chi connectivity index (χ3n) is 6.43. The van der Waals surface area contributed by atoms with Crippen LogP contribution in [-0.2, 0) is 19.1 Å². The van der Waals surface area contributed by atoms with Crippen molar-refractivity contribution >= 4 is 11.0 Å². The fraction of sp³-hybridized carbons (Fsp3) is 0.423. The molecule has 0 aliphatic carbocycles. The van der Waals surface area contributed by atoms with E-state index in [-0.39, 0.29) is 28.8 Å². The summed E-state index contributed by atoms with van der Waals surface area (Å²) in [6.45, 7) is 6.00. The highest BCUT2D eigenvalue weighted by Gasteiger charge is 2.41. The molecule has 5 nitrogen and oxygen atoms in total. The molecule has 1 aromatic heterocycles. The van der Waals surface area contributed by atoms with Crippen molar-refractivity contribution in [3.05, 3.63) is 63.5 Å². The number of hydrogen-bond acceptors (Lipinski definition) is 4. The highest BCUT2D eigenvalue weighted by atomic mass is 19.4. The molecule has 0 spiro atoms. The Hall–Kier alpha value is -3.00. The topological polar surface area (TPSA) is 66.9 Å². The van der Waals surface area contributed by atoms with Gasteiger partial charge in [0.1, 0.15) is 17.9 Å². The molecule has 1 aliphatic rings. The summed E-state index contributed by atoms with van der Waals surface area (Å²) in [4.78, 5) is 14.3. The number of halogens is 3. The van der Waals surface area contributed by atoms with E-state index in [1.54, 1.807) is 12.1 Å². The van der Waals surface area contributed by atoms with Gasteiger partial charge in [0, 0.05) is 5.56 Å². The number of hydrogen-bond donors (Lipinski definition) is 1. The van der Waals surface area contributed by atoms with Crippen molar-refractivity contribution in [3.8, 4) is 17.2 Å². The fourth-order valence-corrected chi connectivity index (χ4v) is 4.45. The van der Waals surface area contributed by atoms with E-state index in [4.69, 9.17) is 9.15 Å². The van der Waals surface area contributed by atoms with E-state index in [9.17, 15) is 23.1 Å². The second kappa shape index (κ2) is 9.70. The van der Waals surface area contributed by atoms with Crippen LogP contribution in [0.1, 0.15) is 50.0 Å². The van der Waals surface area contributed by atoms with Gasteiger partial charge < -0.3 is 19.2 Å². The Morgan fingerprint density at radius 2 is 1.79 bits per heavy atom. The average Bonchev–Trinajstić information content (AvgIpc) is 2.79. The number of nitrogens with one attached hydrogen (secondary N) is 1. The van der Waals surface area contributed by atoms with Crippen LogP contribution < -0.4 is 20.2 Å². The van der Waals surface area contributed by atoms with Crippen LogP contribution in [0.25, 0.3) is 11.0 Å². The Labute approximate surface area is 195 Å². The Bertz CT molecular complexity index is 1210. The Kier molecular flexibility index (Phi) is 6.89. The molecule has 0 atom stereocenters. The first-order valence-electron chi connectivity index (χ1n) is 11.6. The van der Waals surface area contributed by atoms with E-state index < -0.39 is 28.9 Å². The first-order valence-corrected chi connectivity index (χ1v) is 11.6. The SMILES string of the molecule is CCCc1ccc(Oc2c(C(F)(F)F)oc3c(C[NH+]4CCC(C)CC4)c([O-])ccc3c2=O)cc1. The lowest BCUT2D eigenvalue weighted by Gasteiger charge is -2.29. The lowest BCUT2D eigenvalue weighted by atomic mass is 9.98. The molecule has 8 heteroatoms. The van der Waals surface area contributed by atoms with Crippen molar-refractivity contribution in [2.24, 2.45) is 5.92 Å². The van der Waals surface area contributed by atoms with Gasteiger partial charge in [0.05, 0.1) is 18.5 Å². The summed E-state index contributed by atoms with van der Waals surface area (Å²) >= 11 is 0. The number of benzene rings is 2. The lowest BCUT2D eigenvalue weighted by Crippen LogP contribution is -3.11. The lowest BCUT2D eigenvalue weighted by molar-refractivity contribution is -0.919. The van der Waals surface area contributed by atoms with E-state index in [1.807, 2.05) is 6.92 Å². The predicted molar refractivity (Wildman–Crippen MR) is 120 cm³/mol. The van der Waals surface area contributed by atoms with Gasteiger partial charge in [-0.2, -0.15) is 13.2 Å². The molecule has 0 bridgehead atoms. The van der Waals surface area contributed by atoms with Crippen molar-refractivity contribution in [1.29, 1.82) is 0 Å². The fourth-order valence-electron chi connectivity index (χ4n) is 4.45. The van der Waals surface area contributed by atoms with Crippen molar-refractivity contribution in [1.82, 2.24) is 0 Å². The maximum atomic E-state index is 14.0. The molecule has 0 unspecified atom stereocenters. The highest BCUT2D eigenvalue weighted by Crippen LogP contribution is 2.39. The molecular weight excluding hydrogens is 447 g/mol.